The van der Waals surface area contributed by atoms with Crippen LogP contribution >= 0.6 is 35.6 Å². The Kier molecular flexibility index (Phi) is 8.36. The Morgan fingerprint density at radius 1 is 1.00 bits per heavy atom. The van der Waals surface area contributed by atoms with Crippen LogP contribution in [-0.4, -0.2) is 12.6 Å². The number of hydrogen-bond donors (Lipinski definition) is 1. The molecule has 0 aliphatic rings. The molecule has 0 bridgehead atoms. The number of nitrogens with one attached hydrogen (secondary N) is 1. The molecule has 2 rings (SSSR count). The Morgan fingerprint density at radius 3 is 2.20 bits per heavy atom. The van der Waals surface area contributed by atoms with Gasteiger partial charge in [-0.2, -0.15) is 0 Å². The first kappa shape index (κ1) is 21.9. The van der Waals surface area contributed by atoms with E-state index in [0.29, 0.717) is 34.7 Å². The number of halogens is 3. The summed E-state index contributed by atoms with van der Waals surface area (Å²) in [4.78, 5) is 0. The third-order valence-electron chi connectivity index (χ3n) is 3.41. The van der Waals surface area contributed by atoms with Crippen molar-refractivity contribution in [3.05, 3.63) is 57.6 Å². The van der Waals surface area contributed by atoms with Crippen LogP contribution in [0.4, 0.5) is 0 Å². The standard InChI is InChI=1S/C19H23Cl2NO2.ClH/c1-19(2,3)22-11-14-9-16(21)18(17(10-14)23-4)24-12-13-5-7-15(20)8-6-13;/h5-10,22H,11-12H2,1-4H3;1H. The van der Waals surface area contributed by atoms with Gasteiger partial charge >= 0.3 is 0 Å². The molecule has 0 aliphatic carbocycles. The van der Waals surface area contributed by atoms with E-state index >= 15 is 0 Å². The van der Waals surface area contributed by atoms with Crippen molar-refractivity contribution < 1.29 is 9.47 Å². The molecule has 0 atom stereocenters. The number of hydrogen-bond acceptors (Lipinski definition) is 3. The Morgan fingerprint density at radius 2 is 1.64 bits per heavy atom. The van der Waals surface area contributed by atoms with E-state index in [2.05, 4.69) is 26.1 Å². The fraction of sp³-hybridized carbons (Fsp3) is 0.368. The first-order valence-electron chi connectivity index (χ1n) is 7.77. The summed E-state index contributed by atoms with van der Waals surface area (Å²) in [7, 11) is 1.61. The summed E-state index contributed by atoms with van der Waals surface area (Å²) in [6.07, 6.45) is 0. The van der Waals surface area contributed by atoms with Gasteiger partial charge in [0.1, 0.15) is 6.61 Å². The zero-order chi connectivity index (χ0) is 17.7. The number of ether oxygens (including phenoxy) is 2. The number of rotatable bonds is 6. The summed E-state index contributed by atoms with van der Waals surface area (Å²) in [5.74, 6) is 1.18. The molecule has 0 fully saturated rings. The summed E-state index contributed by atoms with van der Waals surface area (Å²) >= 11 is 12.3. The van der Waals surface area contributed by atoms with Gasteiger partial charge in [-0.05, 0) is 56.2 Å². The highest BCUT2D eigenvalue weighted by Gasteiger charge is 2.14. The quantitative estimate of drug-likeness (QED) is 0.651. The van der Waals surface area contributed by atoms with Crippen LogP contribution in [0.5, 0.6) is 11.5 Å². The van der Waals surface area contributed by atoms with Gasteiger partial charge in [0.15, 0.2) is 11.5 Å². The number of methoxy groups -OCH3 is 1. The van der Waals surface area contributed by atoms with Crippen LogP contribution in [0.15, 0.2) is 36.4 Å². The van der Waals surface area contributed by atoms with Crippen LogP contribution in [-0.2, 0) is 13.2 Å². The topological polar surface area (TPSA) is 30.5 Å². The fourth-order valence-corrected chi connectivity index (χ4v) is 2.53. The van der Waals surface area contributed by atoms with Crippen LogP contribution in [0.3, 0.4) is 0 Å². The predicted molar refractivity (Wildman–Crippen MR) is 108 cm³/mol. The van der Waals surface area contributed by atoms with Crippen molar-refractivity contribution >= 4 is 35.6 Å². The Balaban J connectivity index is 0.00000312. The van der Waals surface area contributed by atoms with Gasteiger partial charge in [0.25, 0.3) is 0 Å². The van der Waals surface area contributed by atoms with Gasteiger partial charge in [0.2, 0.25) is 0 Å². The molecule has 0 amide bonds. The van der Waals surface area contributed by atoms with E-state index in [0.717, 1.165) is 11.1 Å². The Labute approximate surface area is 166 Å². The molecule has 25 heavy (non-hydrogen) atoms. The van der Waals surface area contributed by atoms with Crippen LogP contribution in [0.1, 0.15) is 31.9 Å². The highest BCUT2D eigenvalue weighted by molar-refractivity contribution is 6.32. The van der Waals surface area contributed by atoms with Crippen molar-refractivity contribution in [3.63, 3.8) is 0 Å². The van der Waals surface area contributed by atoms with Crippen molar-refractivity contribution in [1.29, 1.82) is 0 Å². The molecular formula is C19H24Cl3NO2. The average molecular weight is 405 g/mol. The van der Waals surface area contributed by atoms with Crippen molar-refractivity contribution in [1.82, 2.24) is 5.32 Å². The van der Waals surface area contributed by atoms with E-state index in [1.165, 1.54) is 0 Å². The molecule has 0 aromatic heterocycles. The minimum atomic E-state index is 0. The molecule has 2 aromatic rings. The molecule has 6 heteroatoms. The van der Waals surface area contributed by atoms with Gasteiger partial charge in [-0.3, -0.25) is 0 Å². The van der Waals surface area contributed by atoms with E-state index in [9.17, 15) is 0 Å². The normalized spacial score (nSPS) is 11.0. The average Bonchev–Trinajstić information content (AvgIpc) is 2.52. The van der Waals surface area contributed by atoms with E-state index in [-0.39, 0.29) is 17.9 Å². The maximum atomic E-state index is 6.40. The minimum Gasteiger partial charge on any atom is -0.493 e. The highest BCUT2D eigenvalue weighted by atomic mass is 35.5. The molecule has 0 aliphatic heterocycles. The molecular weight excluding hydrogens is 381 g/mol. The summed E-state index contributed by atoms with van der Waals surface area (Å²) in [5.41, 5.74) is 2.09. The fourth-order valence-electron chi connectivity index (χ4n) is 2.12. The van der Waals surface area contributed by atoms with E-state index in [1.54, 1.807) is 7.11 Å². The molecule has 3 nitrogen and oxygen atoms in total. The van der Waals surface area contributed by atoms with Gasteiger partial charge in [0.05, 0.1) is 12.1 Å². The van der Waals surface area contributed by atoms with Crippen molar-refractivity contribution in [3.8, 4) is 11.5 Å². The Hall–Kier alpha value is -1.13. The second-order valence-electron chi connectivity index (χ2n) is 6.63. The molecule has 138 valence electrons. The summed E-state index contributed by atoms with van der Waals surface area (Å²) in [6, 6.07) is 11.4. The summed E-state index contributed by atoms with van der Waals surface area (Å²) in [6.45, 7) is 7.46. The lowest BCUT2D eigenvalue weighted by Crippen LogP contribution is -2.35. The van der Waals surface area contributed by atoms with Gasteiger partial charge in [-0.15, -0.1) is 12.4 Å². The summed E-state index contributed by atoms with van der Waals surface area (Å²) < 4.78 is 11.3. The molecule has 0 saturated heterocycles. The first-order chi connectivity index (χ1) is 11.3. The smallest absolute Gasteiger partial charge is 0.180 e. The second-order valence-corrected chi connectivity index (χ2v) is 7.47. The molecule has 1 N–H and O–H groups in total. The van der Waals surface area contributed by atoms with Gasteiger partial charge in [-0.1, -0.05) is 35.3 Å². The van der Waals surface area contributed by atoms with Crippen LogP contribution in [0.2, 0.25) is 10.0 Å². The summed E-state index contributed by atoms with van der Waals surface area (Å²) in [5, 5.41) is 4.67. The third-order valence-corrected chi connectivity index (χ3v) is 3.94. The molecule has 0 unspecified atom stereocenters. The maximum Gasteiger partial charge on any atom is 0.180 e. The molecule has 0 radical (unpaired) electrons. The lowest BCUT2D eigenvalue weighted by atomic mass is 10.1. The largest absolute Gasteiger partial charge is 0.493 e. The lowest BCUT2D eigenvalue weighted by Gasteiger charge is -2.21. The SMILES string of the molecule is COc1cc(CNC(C)(C)C)cc(Cl)c1OCc1ccc(Cl)cc1.Cl. The van der Waals surface area contributed by atoms with Gasteiger partial charge in [-0.25, -0.2) is 0 Å². The number of benzene rings is 2. The molecule has 0 heterocycles. The zero-order valence-electron chi connectivity index (χ0n) is 14.9. The zero-order valence-corrected chi connectivity index (χ0v) is 17.2. The second kappa shape index (κ2) is 9.54. The predicted octanol–water partition coefficient (Wildman–Crippen LogP) is 5.89. The van der Waals surface area contributed by atoms with Crippen LogP contribution in [0.25, 0.3) is 0 Å². The third kappa shape index (κ3) is 6.95. The van der Waals surface area contributed by atoms with Crippen LogP contribution < -0.4 is 14.8 Å². The molecule has 0 spiro atoms. The van der Waals surface area contributed by atoms with Crippen molar-refractivity contribution in [2.75, 3.05) is 7.11 Å². The molecule has 0 saturated carbocycles. The van der Waals surface area contributed by atoms with Gasteiger partial charge in [0, 0.05) is 17.1 Å². The van der Waals surface area contributed by atoms with Crippen molar-refractivity contribution in [2.24, 2.45) is 0 Å². The minimum absolute atomic E-state index is 0. The van der Waals surface area contributed by atoms with E-state index in [1.807, 2.05) is 36.4 Å². The Bertz CT molecular complexity index is 682. The molecule has 2 aromatic carbocycles. The van der Waals surface area contributed by atoms with E-state index < -0.39 is 0 Å². The van der Waals surface area contributed by atoms with E-state index in [4.69, 9.17) is 32.7 Å². The first-order valence-corrected chi connectivity index (χ1v) is 8.53. The lowest BCUT2D eigenvalue weighted by molar-refractivity contribution is 0.284. The van der Waals surface area contributed by atoms with Gasteiger partial charge < -0.3 is 14.8 Å². The van der Waals surface area contributed by atoms with Crippen LogP contribution in [0, 0.1) is 0 Å². The highest BCUT2D eigenvalue weighted by Crippen LogP contribution is 2.37. The van der Waals surface area contributed by atoms with Crippen molar-refractivity contribution in [2.45, 2.75) is 39.5 Å². The maximum absolute atomic E-state index is 6.40. The monoisotopic (exact) mass is 403 g/mol.